The molecule has 20 heavy (non-hydrogen) atoms. The van der Waals surface area contributed by atoms with Crippen LogP contribution in [0.4, 0.5) is 5.82 Å². The highest BCUT2D eigenvalue weighted by atomic mass is 16.4. The molecule has 1 aliphatic rings. The molecule has 1 aromatic carbocycles. The lowest BCUT2D eigenvalue weighted by molar-refractivity contribution is 0.0696. The van der Waals surface area contributed by atoms with E-state index in [2.05, 4.69) is 22.0 Å². The second-order valence-electron chi connectivity index (χ2n) is 4.97. The van der Waals surface area contributed by atoms with Crippen molar-refractivity contribution in [3.8, 4) is 0 Å². The number of aromatic carboxylic acids is 1. The molecular weight excluding hydrogens is 252 g/mol. The molecule has 1 N–H and O–H groups in total. The van der Waals surface area contributed by atoms with Crippen molar-refractivity contribution in [2.75, 3.05) is 11.4 Å². The number of carboxylic acid groups (broad SMARTS) is 1. The van der Waals surface area contributed by atoms with Crippen LogP contribution in [-0.2, 0) is 0 Å². The lowest BCUT2D eigenvalue weighted by Gasteiger charge is -2.26. The Kier molecular flexibility index (Phi) is 3.37. The average Bonchev–Trinajstić information content (AvgIpc) is 2.97. The Bertz CT molecular complexity index is 596. The normalized spacial score (nSPS) is 18.2. The number of hydrogen-bond acceptors (Lipinski definition) is 3. The first-order valence-corrected chi connectivity index (χ1v) is 6.76. The molecule has 0 radical (unpaired) electrons. The Labute approximate surface area is 117 Å². The van der Waals surface area contributed by atoms with Gasteiger partial charge in [0, 0.05) is 12.7 Å². The number of anilines is 1. The monoisotopic (exact) mass is 268 g/mol. The summed E-state index contributed by atoms with van der Waals surface area (Å²) in [6.45, 7) is 0.957. The molecule has 1 atom stereocenters. The predicted molar refractivity (Wildman–Crippen MR) is 77.0 cm³/mol. The van der Waals surface area contributed by atoms with E-state index in [1.807, 2.05) is 18.2 Å². The highest BCUT2D eigenvalue weighted by Gasteiger charge is 2.26. The molecule has 1 fully saturated rings. The fourth-order valence-electron chi connectivity index (χ4n) is 2.75. The first kappa shape index (κ1) is 12.7. The molecule has 4 nitrogen and oxygen atoms in total. The highest BCUT2D eigenvalue weighted by Crippen LogP contribution is 2.34. The van der Waals surface area contributed by atoms with Gasteiger partial charge >= 0.3 is 5.97 Å². The molecule has 1 aromatic heterocycles. The standard InChI is InChI=1S/C16H16N2O2/c19-16(20)13-8-9-15(17-11-13)18-10-4-7-14(18)12-5-2-1-3-6-12/h1-3,5-6,8-9,11,14H,4,7,10H2,(H,19,20)/t14-/m1/s1. The zero-order valence-corrected chi connectivity index (χ0v) is 11.1. The van der Waals surface area contributed by atoms with Gasteiger partial charge in [0.15, 0.2) is 0 Å². The lowest BCUT2D eigenvalue weighted by atomic mass is 10.0. The van der Waals surface area contributed by atoms with E-state index >= 15 is 0 Å². The van der Waals surface area contributed by atoms with Crippen LogP contribution in [0.1, 0.15) is 34.8 Å². The van der Waals surface area contributed by atoms with Crippen LogP contribution in [0.5, 0.6) is 0 Å². The predicted octanol–water partition coefficient (Wildman–Crippen LogP) is 3.12. The first-order chi connectivity index (χ1) is 9.75. The van der Waals surface area contributed by atoms with Crippen LogP contribution in [0, 0.1) is 0 Å². The summed E-state index contributed by atoms with van der Waals surface area (Å²) in [4.78, 5) is 17.4. The second kappa shape index (κ2) is 5.33. The number of rotatable bonds is 3. The van der Waals surface area contributed by atoms with Crippen LogP contribution in [0.2, 0.25) is 0 Å². The Balaban J connectivity index is 1.87. The van der Waals surface area contributed by atoms with Crippen molar-refractivity contribution in [1.82, 2.24) is 4.98 Å². The third-order valence-electron chi connectivity index (χ3n) is 3.73. The summed E-state index contributed by atoms with van der Waals surface area (Å²) in [5.74, 6) is -0.0913. The van der Waals surface area contributed by atoms with E-state index in [0.717, 1.165) is 25.2 Å². The van der Waals surface area contributed by atoms with E-state index in [-0.39, 0.29) is 5.56 Å². The summed E-state index contributed by atoms with van der Waals surface area (Å²) < 4.78 is 0. The van der Waals surface area contributed by atoms with Gasteiger partial charge in [-0.3, -0.25) is 0 Å². The Hall–Kier alpha value is -2.36. The summed E-state index contributed by atoms with van der Waals surface area (Å²) in [6, 6.07) is 14.1. The van der Waals surface area contributed by atoms with Gasteiger partial charge in [-0.25, -0.2) is 9.78 Å². The summed E-state index contributed by atoms with van der Waals surface area (Å²) in [5, 5.41) is 8.92. The van der Waals surface area contributed by atoms with Crippen molar-refractivity contribution in [3.63, 3.8) is 0 Å². The van der Waals surface area contributed by atoms with Crippen LogP contribution in [0.25, 0.3) is 0 Å². The van der Waals surface area contributed by atoms with Crippen LogP contribution in [-0.4, -0.2) is 22.6 Å². The number of carbonyl (C=O) groups is 1. The van der Waals surface area contributed by atoms with E-state index in [1.54, 1.807) is 12.1 Å². The van der Waals surface area contributed by atoms with Crippen LogP contribution in [0.15, 0.2) is 48.7 Å². The molecule has 1 saturated heterocycles. The molecule has 102 valence electrons. The molecule has 0 amide bonds. The summed E-state index contributed by atoms with van der Waals surface area (Å²) in [7, 11) is 0. The Morgan fingerprint density at radius 1 is 1.20 bits per heavy atom. The molecule has 0 unspecified atom stereocenters. The summed E-state index contributed by atoms with van der Waals surface area (Å²) in [6.07, 6.45) is 3.66. The van der Waals surface area contributed by atoms with Gasteiger partial charge in [0.1, 0.15) is 5.82 Å². The lowest BCUT2D eigenvalue weighted by Crippen LogP contribution is -2.23. The van der Waals surface area contributed by atoms with E-state index < -0.39 is 5.97 Å². The van der Waals surface area contributed by atoms with Crippen LogP contribution >= 0.6 is 0 Å². The van der Waals surface area contributed by atoms with Gasteiger partial charge in [0.2, 0.25) is 0 Å². The zero-order chi connectivity index (χ0) is 13.9. The molecule has 0 aliphatic carbocycles. The minimum absolute atomic E-state index is 0.226. The summed E-state index contributed by atoms with van der Waals surface area (Å²) >= 11 is 0. The van der Waals surface area contributed by atoms with E-state index in [9.17, 15) is 4.79 Å². The SMILES string of the molecule is O=C(O)c1ccc(N2CCC[C@@H]2c2ccccc2)nc1. The van der Waals surface area contributed by atoms with Gasteiger partial charge < -0.3 is 10.0 Å². The minimum atomic E-state index is -0.940. The van der Waals surface area contributed by atoms with Crippen molar-refractivity contribution in [2.45, 2.75) is 18.9 Å². The smallest absolute Gasteiger partial charge is 0.337 e. The molecule has 2 heterocycles. The van der Waals surface area contributed by atoms with E-state index in [1.165, 1.54) is 11.8 Å². The number of hydrogen-bond donors (Lipinski definition) is 1. The molecule has 4 heteroatoms. The van der Waals surface area contributed by atoms with Gasteiger partial charge in [-0.1, -0.05) is 30.3 Å². The first-order valence-electron chi connectivity index (χ1n) is 6.76. The number of carboxylic acids is 1. The maximum atomic E-state index is 10.9. The number of benzene rings is 1. The maximum Gasteiger partial charge on any atom is 0.337 e. The molecular formula is C16H16N2O2. The molecule has 1 aliphatic heterocycles. The third-order valence-corrected chi connectivity index (χ3v) is 3.73. The molecule has 3 rings (SSSR count). The Morgan fingerprint density at radius 2 is 2.00 bits per heavy atom. The minimum Gasteiger partial charge on any atom is -0.478 e. The van der Waals surface area contributed by atoms with E-state index in [0.29, 0.717) is 6.04 Å². The maximum absolute atomic E-state index is 10.9. The quantitative estimate of drug-likeness (QED) is 0.929. The fourth-order valence-corrected chi connectivity index (χ4v) is 2.75. The molecule has 0 saturated carbocycles. The average molecular weight is 268 g/mol. The van der Waals surface area contributed by atoms with Gasteiger partial charge in [0.25, 0.3) is 0 Å². The van der Waals surface area contributed by atoms with Crippen molar-refractivity contribution >= 4 is 11.8 Å². The number of aromatic nitrogens is 1. The van der Waals surface area contributed by atoms with Crippen molar-refractivity contribution in [3.05, 3.63) is 59.8 Å². The van der Waals surface area contributed by atoms with Crippen LogP contribution < -0.4 is 4.90 Å². The highest BCUT2D eigenvalue weighted by molar-refractivity contribution is 5.87. The topological polar surface area (TPSA) is 53.4 Å². The molecule has 0 spiro atoms. The summed E-state index contributed by atoms with van der Waals surface area (Å²) in [5.41, 5.74) is 1.51. The van der Waals surface area contributed by atoms with Gasteiger partial charge in [0.05, 0.1) is 11.6 Å². The number of pyridine rings is 1. The van der Waals surface area contributed by atoms with Gasteiger partial charge in [-0.2, -0.15) is 0 Å². The Morgan fingerprint density at radius 3 is 2.65 bits per heavy atom. The zero-order valence-electron chi connectivity index (χ0n) is 11.1. The second-order valence-corrected chi connectivity index (χ2v) is 4.97. The van der Waals surface area contributed by atoms with Crippen LogP contribution in [0.3, 0.4) is 0 Å². The molecule has 2 aromatic rings. The third kappa shape index (κ3) is 2.37. The molecule has 0 bridgehead atoms. The van der Waals surface area contributed by atoms with Crippen molar-refractivity contribution in [1.29, 1.82) is 0 Å². The largest absolute Gasteiger partial charge is 0.478 e. The fraction of sp³-hybridized carbons (Fsp3) is 0.250. The number of nitrogens with zero attached hydrogens (tertiary/aromatic N) is 2. The van der Waals surface area contributed by atoms with Gasteiger partial charge in [-0.15, -0.1) is 0 Å². The van der Waals surface area contributed by atoms with Crippen molar-refractivity contribution in [2.24, 2.45) is 0 Å². The van der Waals surface area contributed by atoms with E-state index in [4.69, 9.17) is 5.11 Å². The van der Waals surface area contributed by atoms with Crippen molar-refractivity contribution < 1.29 is 9.90 Å². The van der Waals surface area contributed by atoms with Gasteiger partial charge in [-0.05, 0) is 30.5 Å².